The minimum absolute atomic E-state index is 0.0485. The van der Waals surface area contributed by atoms with Gasteiger partial charge in [0.1, 0.15) is 9.88 Å². The summed E-state index contributed by atoms with van der Waals surface area (Å²) in [6.07, 6.45) is 1.92. The first-order valence-corrected chi connectivity index (χ1v) is 9.96. The number of thiophene rings is 1. The van der Waals surface area contributed by atoms with Gasteiger partial charge in [-0.05, 0) is 38.0 Å². The summed E-state index contributed by atoms with van der Waals surface area (Å²) in [5, 5.41) is 2.68. The molecule has 1 N–H and O–H groups in total. The molecule has 0 saturated heterocycles. The molecule has 0 aromatic carbocycles. The lowest BCUT2D eigenvalue weighted by molar-refractivity contribution is -0.124. The van der Waals surface area contributed by atoms with E-state index < -0.39 is 29.9 Å². The third kappa shape index (κ3) is 5.20. The number of esters is 3. The number of pyridine rings is 1. The van der Waals surface area contributed by atoms with Crippen LogP contribution in [-0.4, -0.2) is 48.6 Å². The molecule has 2 aromatic heterocycles. The van der Waals surface area contributed by atoms with Crippen molar-refractivity contribution in [2.24, 2.45) is 0 Å². The van der Waals surface area contributed by atoms with Gasteiger partial charge < -0.3 is 19.5 Å². The number of nitrogens with zero attached hydrogens (tertiary/aromatic N) is 1. The maximum absolute atomic E-state index is 12.7. The molecule has 0 radical (unpaired) electrons. The summed E-state index contributed by atoms with van der Waals surface area (Å²) in [6.45, 7) is 5.05. The summed E-state index contributed by atoms with van der Waals surface area (Å²) >= 11 is 0.892. The van der Waals surface area contributed by atoms with Gasteiger partial charge in [0.15, 0.2) is 6.10 Å². The molecule has 2 heterocycles. The number of aromatic nitrogens is 1. The predicted octanol–water partition coefficient (Wildman–Crippen LogP) is 2.99. The highest BCUT2D eigenvalue weighted by atomic mass is 32.1. The molecule has 160 valence electrons. The Kier molecular flexibility index (Phi) is 8.05. The number of rotatable bonds is 8. The first kappa shape index (κ1) is 23.0. The molecule has 0 spiro atoms. The Morgan fingerprint density at radius 2 is 1.90 bits per heavy atom. The fraction of sp³-hybridized carbons (Fsp3) is 0.350. The zero-order chi connectivity index (χ0) is 22.3. The number of carbonyl (C=O) groups is 4. The van der Waals surface area contributed by atoms with Crippen LogP contribution in [0.25, 0.3) is 0 Å². The number of nitrogens with one attached hydrogen (secondary N) is 1. The van der Waals surface area contributed by atoms with E-state index in [1.165, 1.54) is 25.6 Å². The predicted molar refractivity (Wildman–Crippen MR) is 109 cm³/mol. The normalized spacial score (nSPS) is 11.3. The van der Waals surface area contributed by atoms with E-state index in [0.717, 1.165) is 11.3 Å². The molecule has 1 amide bonds. The maximum Gasteiger partial charge on any atom is 0.348 e. The first-order valence-electron chi connectivity index (χ1n) is 9.14. The molecule has 2 rings (SSSR count). The molecule has 1 unspecified atom stereocenters. The van der Waals surface area contributed by atoms with Crippen molar-refractivity contribution in [3.63, 3.8) is 0 Å². The van der Waals surface area contributed by atoms with Crippen molar-refractivity contribution in [2.75, 3.05) is 19.0 Å². The average Bonchev–Trinajstić information content (AvgIpc) is 3.07. The van der Waals surface area contributed by atoms with Crippen molar-refractivity contribution in [1.29, 1.82) is 0 Å². The van der Waals surface area contributed by atoms with Crippen molar-refractivity contribution in [1.82, 2.24) is 4.98 Å². The highest BCUT2D eigenvalue weighted by molar-refractivity contribution is 7.18. The lowest BCUT2D eigenvalue weighted by Crippen LogP contribution is -2.32. The van der Waals surface area contributed by atoms with Crippen LogP contribution < -0.4 is 5.32 Å². The minimum Gasteiger partial charge on any atom is -0.465 e. The largest absolute Gasteiger partial charge is 0.465 e. The standard InChI is InChI=1S/C20H22N2O7S/c1-5-13(29-18(24)12-8-7-9-21-10-12)16(23)22-17-14(19(25)27-4)11(3)15(30-17)20(26)28-6-2/h7-10,13H,5-6H2,1-4H3,(H,22,23). The molecule has 2 aromatic rings. The van der Waals surface area contributed by atoms with E-state index >= 15 is 0 Å². The van der Waals surface area contributed by atoms with Gasteiger partial charge in [-0.15, -0.1) is 11.3 Å². The van der Waals surface area contributed by atoms with E-state index in [2.05, 4.69) is 10.3 Å². The molecular weight excluding hydrogens is 412 g/mol. The average molecular weight is 434 g/mol. The Morgan fingerprint density at radius 3 is 2.47 bits per heavy atom. The molecule has 30 heavy (non-hydrogen) atoms. The Morgan fingerprint density at radius 1 is 1.17 bits per heavy atom. The molecule has 0 aliphatic carbocycles. The monoisotopic (exact) mass is 434 g/mol. The summed E-state index contributed by atoms with van der Waals surface area (Å²) < 4.78 is 15.0. The number of anilines is 1. The van der Waals surface area contributed by atoms with Gasteiger partial charge in [0, 0.05) is 12.4 Å². The Labute approximate surface area is 177 Å². The van der Waals surface area contributed by atoms with Crippen LogP contribution in [0, 0.1) is 6.92 Å². The van der Waals surface area contributed by atoms with Gasteiger partial charge in [-0.3, -0.25) is 9.78 Å². The van der Waals surface area contributed by atoms with Crippen LogP contribution in [0.1, 0.15) is 56.2 Å². The van der Waals surface area contributed by atoms with Gasteiger partial charge in [-0.25, -0.2) is 14.4 Å². The molecule has 0 saturated carbocycles. The van der Waals surface area contributed by atoms with Crippen LogP contribution >= 0.6 is 11.3 Å². The van der Waals surface area contributed by atoms with Crippen LogP contribution in [-0.2, 0) is 19.0 Å². The smallest absolute Gasteiger partial charge is 0.348 e. The number of methoxy groups -OCH3 is 1. The van der Waals surface area contributed by atoms with Crippen molar-refractivity contribution in [2.45, 2.75) is 33.3 Å². The molecule has 1 atom stereocenters. The molecule has 0 fully saturated rings. The summed E-state index contributed by atoms with van der Waals surface area (Å²) in [5.74, 6) is -2.67. The van der Waals surface area contributed by atoms with Crippen LogP contribution in [0.15, 0.2) is 24.5 Å². The van der Waals surface area contributed by atoms with Crippen LogP contribution in [0.3, 0.4) is 0 Å². The second-order valence-electron chi connectivity index (χ2n) is 6.01. The van der Waals surface area contributed by atoms with Crippen LogP contribution in [0.5, 0.6) is 0 Å². The zero-order valence-electron chi connectivity index (χ0n) is 17.0. The van der Waals surface area contributed by atoms with Gasteiger partial charge in [0.2, 0.25) is 0 Å². The molecule has 0 bridgehead atoms. The third-order valence-corrected chi connectivity index (χ3v) is 5.23. The minimum atomic E-state index is -1.11. The summed E-state index contributed by atoms with van der Waals surface area (Å²) in [6, 6.07) is 3.09. The number of hydrogen-bond acceptors (Lipinski definition) is 9. The molecule has 9 nitrogen and oxygen atoms in total. The van der Waals surface area contributed by atoms with E-state index in [1.54, 1.807) is 26.8 Å². The molecule has 0 aliphatic rings. The first-order chi connectivity index (χ1) is 14.3. The Bertz CT molecular complexity index is 940. The van der Waals surface area contributed by atoms with E-state index in [1.807, 2.05) is 0 Å². The zero-order valence-corrected chi connectivity index (χ0v) is 17.8. The number of ether oxygens (including phenoxy) is 3. The summed E-state index contributed by atoms with van der Waals surface area (Å²) in [5.41, 5.74) is 0.587. The fourth-order valence-corrected chi connectivity index (χ4v) is 3.63. The Balaban J connectivity index is 2.26. The van der Waals surface area contributed by atoms with Gasteiger partial charge in [0.05, 0.1) is 24.8 Å². The van der Waals surface area contributed by atoms with Crippen LogP contribution in [0.2, 0.25) is 0 Å². The lowest BCUT2D eigenvalue weighted by atomic mass is 10.1. The van der Waals surface area contributed by atoms with Gasteiger partial charge in [-0.1, -0.05) is 6.92 Å². The highest BCUT2D eigenvalue weighted by Crippen LogP contribution is 2.34. The molecular formula is C20H22N2O7S. The summed E-state index contributed by atoms with van der Waals surface area (Å²) in [7, 11) is 1.19. The third-order valence-electron chi connectivity index (χ3n) is 4.04. The SMILES string of the molecule is CCOC(=O)c1sc(NC(=O)C(CC)OC(=O)c2cccnc2)c(C(=O)OC)c1C. The molecule has 10 heteroatoms. The summed E-state index contributed by atoms with van der Waals surface area (Å²) in [4.78, 5) is 53.4. The molecule has 0 aliphatic heterocycles. The lowest BCUT2D eigenvalue weighted by Gasteiger charge is -2.16. The number of amides is 1. The van der Waals surface area contributed by atoms with Gasteiger partial charge in [-0.2, -0.15) is 0 Å². The quantitative estimate of drug-likeness (QED) is 0.497. The fourth-order valence-electron chi connectivity index (χ4n) is 2.54. The van der Waals surface area contributed by atoms with Crippen molar-refractivity contribution < 1.29 is 33.4 Å². The van der Waals surface area contributed by atoms with Crippen molar-refractivity contribution in [3.8, 4) is 0 Å². The highest BCUT2D eigenvalue weighted by Gasteiger charge is 2.29. The second-order valence-corrected chi connectivity index (χ2v) is 7.03. The van der Waals surface area contributed by atoms with E-state index in [0.29, 0.717) is 5.56 Å². The topological polar surface area (TPSA) is 121 Å². The van der Waals surface area contributed by atoms with E-state index in [4.69, 9.17) is 14.2 Å². The van der Waals surface area contributed by atoms with E-state index in [-0.39, 0.29) is 34.0 Å². The van der Waals surface area contributed by atoms with Crippen molar-refractivity contribution >= 4 is 40.2 Å². The van der Waals surface area contributed by atoms with E-state index in [9.17, 15) is 19.2 Å². The Hall–Kier alpha value is -3.27. The van der Waals surface area contributed by atoms with Crippen molar-refractivity contribution in [3.05, 3.63) is 46.1 Å². The number of hydrogen-bond donors (Lipinski definition) is 1. The van der Waals surface area contributed by atoms with Gasteiger partial charge in [0.25, 0.3) is 5.91 Å². The maximum atomic E-state index is 12.7. The second kappa shape index (κ2) is 10.5. The van der Waals surface area contributed by atoms with Gasteiger partial charge >= 0.3 is 17.9 Å². The number of carbonyl (C=O) groups excluding carboxylic acids is 4. The van der Waals surface area contributed by atoms with Crippen LogP contribution in [0.4, 0.5) is 5.00 Å².